The Morgan fingerprint density at radius 1 is 1.10 bits per heavy atom. The zero-order valence-corrected chi connectivity index (χ0v) is 13.8. The van der Waals surface area contributed by atoms with Gasteiger partial charge in [-0.2, -0.15) is 0 Å². The van der Waals surface area contributed by atoms with Crippen molar-refractivity contribution in [3.05, 3.63) is 35.9 Å². The molecular formula is C19H31NO. The zero-order chi connectivity index (χ0) is 15.3. The molecule has 1 fully saturated rings. The van der Waals surface area contributed by atoms with Crippen molar-refractivity contribution in [1.29, 1.82) is 0 Å². The molecule has 1 aliphatic carbocycles. The Bertz CT molecular complexity index is 409. The van der Waals surface area contributed by atoms with Crippen molar-refractivity contribution in [1.82, 2.24) is 5.32 Å². The number of nitrogens with one attached hydrogen (secondary N) is 1. The number of benzene rings is 1. The van der Waals surface area contributed by atoms with Crippen LogP contribution in [-0.2, 0) is 0 Å². The van der Waals surface area contributed by atoms with Crippen LogP contribution in [0.4, 0.5) is 0 Å². The second-order valence-corrected chi connectivity index (χ2v) is 7.60. The summed E-state index contributed by atoms with van der Waals surface area (Å²) in [5.41, 5.74) is 1.43. The van der Waals surface area contributed by atoms with E-state index in [1.54, 1.807) is 0 Å². The Kier molecular flexibility index (Phi) is 5.83. The fourth-order valence-electron chi connectivity index (χ4n) is 3.44. The lowest BCUT2D eigenvalue weighted by molar-refractivity contribution is 0.167. The van der Waals surface area contributed by atoms with E-state index in [0.717, 1.165) is 11.5 Å². The molecule has 1 aromatic carbocycles. The maximum Gasteiger partial charge on any atom is 0.0914 e. The highest BCUT2D eigenvalue weighted by Crippen LogP contribution is 2.36. The summed E-state index contributed by atoms with van der Waals surface area (Å²) in [4.78, 5) is 0. The first-order valence-electron chi connectivity index (χ1n) is 8.43. The Morgan fingerprint density at radius 2 is 1.81 bits per heavy atom. The Hall–Kier alpha value is -0.860. The average molecular weight is 289 g/mol. The van der Waals surface area contributed by atoms with Crippen molar-refractivity contribution in [2.24, 2.45) is 11.3 Å². The predicted molar refractivity (Wildman–Crippen MR) is 89.2 cm³/mol. The first-order valence-corrected chi connectivity index (χ1v) is 8.43. The molecule has 1 saturated carbocycles. The smallest absolute Gasteiger partial charge is 0.0914 e. The first kappa shape index (κ1) is 16.5. The molecule has 0 aromatic heterocycles. The zero-order valence-electron chi connectivity index (χ0n) is 13.8. The van der Waals surface area contributed by atoms with Gasteiger partial charge in [0.2, 0.25) is 0 Å². The van der Waals surface area contributed by atoms with Crippen LogP contribution < -0.4 is 5.32 Å². The van der Waals surface area contributed by atoms with Crippen LogP contribution in [0.3, 0.4) is 0 Å². The standard InChI is InChI=1S/C19H31NO/c1-19(2,3)16-10-7-11-17(13-12-16)20-14-18(21)15-8-5-4-6-9-15/h4-6,8-9,16-18,20-21H,7,10-14H2,1-3H3. The van der Waals surface area contributed by atoms with Crippen LogP contribution in [0.25, 0.3) is 0 Å². The van der Waals surface area contributed by atoms with Crippen LogP contribution in [-0.4, -0.2) is 17.7 Å². The minimum atomic E-state index is -0.395. The molecule has 2 rings (SSSR count). The highest BCUT2D eigenvalue weighted by atomic mass is 16.3. The fraction of sp³-hybridized carbons (Fsp3) is 0.684. The highest BCUT2D eigenvalue weighted by Gasteiger charge is 2.27. The van der Waals surface area contributed by atoms with Crippen molar-refractivity contribution in [3.63, 3.8) is 0 Å². The van der Waals surface area contributed by atoms with Gasteiger partial charge in [-0.15, -0.1) is 0 Å². The van der Waals surface area contributed by atoms with Gasteiger partial charge in [0, 0.05) is 12.6 Å². The maximum absolute atomic E-state index is 10.2. The molecule has 1 aromatic rings. The molecule has 0 aliphatic heterocycles. The third-order valence-corrected chi connectivity index (χ3v) is 4.98. The quantitative estimate of drug-likeness (QED) is 0.810. The van der Waals surface area contributed by atoms with Crippen molar-refractivity contribution in [2.75, 3.05) is 6.54 Å². The molecule has 2 nitrogen and oxygen atoms in total. The summed E-state index contributed by atoms with van der Waals surface area (Å²) in [5, 5.41) is 13.8. The summed E-state index contributed by atoms with van der Waals surface area (Å²) in [6.45, 7) is 7.76. The van der Waals surface area contributed by atoms with E-state index in [1.165, 1.54) is 32.1 Å². The summed E-state index contributed by atoms with van der Waals surface area (Å²) in [7, 11) is 0. The largest absolute Gasteiger partial charge is 0.387 e. The van der Waals surface area contributed by atoms with Gasteiger partial charge in [-0.1, -0.05) is 57.5 Å². The van der Waals surface area contributed by atoms with Crippen LogP contribution in [0, 0.1) is 11.3 Å². The number of hydrogen-bond donors (Lipinski definition) is 2. The van der Waals surface area contributed by atoms with Gasteiger partial charge < -0.3 is 10.4 Å². The Balaban J connectivity index is 1.79. The first-order chi connectivity index (χ1) is 9.97. The highest BCUT2D eigenvalue weighted by molar-refractivity contribution is 5.17. The van der Waals surface area contributed by atoms with E-state index >= 15 is 0 Å². The van der Waals surface area contributed by atoms with Gasteiger partial charge in [0.1, 0.15) is 0 Å². The molecular weight excluding hydrogens is 258 g/mol. The monoisotopic (exact) mass is 289 g/mol. The third-order valence-electron chi connectivity index (χ3n) is 4.98. The SMILES string of the molecule is CC(C)(C)C1CCCC(NCC(O)c2ccccc2)CC1. The Morgan fingerprint density at radius 3 is 2.48 bits per heavy atom. The molecule has 0 saturated heterocycles. The lowest BCUT2D eigenvalue weighted by Crippen LogP contribution is -2.32. The fourth-order valence-corrected chi connectivity index (χ4v) is 3.44. The molecule has 3 atom stereocenters. The molecule has 21 heavy (non-hydrogen) atoms. The van der Waals surface area contributed by atoms with Crippen LogP contribution in [0.1, 0.15) is 64.5 Å². The van der Waals surface area contributed by atoms with Crippen molar-refractivity contribution in [2.45, 2.75) is 65.0 Å². The van der Waals surface area contributed by atoms with Gasteiger partial charge in [-0.3, -0.25) is 0 Å². The molecule has 0 bridgehead atoms. The van der Waals surface area contributed by atoms with Crippen LogP contribution in [0.5, 0.6) is 0 Å². The van der Waals surface area contributed by atoms with Gasteiger partial charge >= 0.3 is 0 Å². The van der Waals surface area contributed by atoms with Crippen molar-refractivity contribution in [3.8, 4) is 0 Å². The summed E-state index contributed by atoms with van der Waals surface area (Å²) >= 11 is 0. The molecule has 0 heterocycles. The lowest BCUT2D eigenvalue weighted by atomic mass is 9.76. The molecule has 2 heteroatoms. The molecule has 2 N–H and O–H groups in total. The number of aliphatic hydroxyl groups excluding tert-OH is 1. The molecule has 118 valence electrons. The van der Waals surface area contributed by atoms with Crippen molar-refractivity contribution >= 4 is 0 Å². The second-order valence-electron chi connectivity index (χ2n) is 7.60. The normalized spacial score (nSPS) is 25.3. The molecule has 3 unspecified atom stereocenters. The summed E-state index contributed by atoms with van der Waals surface area (Å²) < 4.78 is 0. The van der Waals surface area contributed by atoms with E-state index in [4.69, 9.17) is 0 Å². The molecule has 0 radical (unpaired) electrons. The van der Waals surface area contributed by atoms with Crippen LogP contribution in [0.2, 0.25) is 0 Å². The van der Waals surface area contributed by atoms with E-state index in [-0.39, 0.29) is 0 Å². The maximum atomic E-state index is 10.2. The Labute approximate surface area is 130 Å². The summed E-state index contributed by atoms with van der Waals surface area (Å²) in [6.07, 6.45) is 6.05. The summed E-state index contributed by atoms with van der Waals surface area (Å²) in [5.74, 6) is 0.836. The topological polar surface area (TPSA) is 32.3 Å². The van der Waals surface area contributed by atoms with Crippen molar-refractivity contribution < 1.29 is 5.11 Å². The van der Waals surface area contributed by atoms with E-state index in [0.29, 0.717) is 18.0 Å². The average Bonchev–Trinajstić information content (AvgIpc) is 2.71. The molecule has 0 amide bonds. The molecule has 0 spiro atoms. The van der Waals surface area contributed by atoms with E-state index in [1.807, 2.05) is 30.3 Å². The van der Waals surface area contributed by atoms with E-state index in [9.17, 15) is 5.11 Å². The number of hydrogen-bond acceptors (Lipinski definition) is 2. The van der Waals surface area contributed by atoms with Gasteiger partial charge in [0.05, 0.1) is 6.10 Å². The van der Waals surface area contributed by atoms with Gasteiger partial charge in [0.25, 0.3) is 0 Å². The number of rotatable bonds is 4. The second kappa shape index (κ2) is 7.42. The lowest BCUT2D eigenvalue weighted by Gasteiger charge is -2.29. The number of aliphatic hydroxyl groups is 1. The minimum absolute atomic E-state index is 0.395. The minimum Gasteiger partial charge on any atom is -0.387 e. The van der Waals surface area contributed by atoms with E-state index in [2.05, 4.69) is 26.1 Å². The van der Waals surface area contributed by atoms with Gasteiger partial charge in [-0.25, -0.2) is 0 Å². The predicted octanol–water partition coefficient (Wildman–Crippen LogP) is 4.30. The molecule has 1 aliphatic rings. The third kappa shape index (κ3) is 5.12. The van der Waals surface area contributed by atoms with Gasteiger partial charge in [0.15, 0.2) is 0 Å². The summed E-state index contributed by atoms with van der Waals surface area (Å²) in [6, 6.07) is 10.5. The van der Waals surface area contributed by atoms with Crippen LogP contribution >= 0.6 is 0 Å². The van der Waals surface area contributed by atoms with E-state index < -0.39 is 6.10 Å². The van der Waals surface area contributed by atoms with Gasteiger partial charge in [-0.05, 0) is 42.6 Å². The van der Waals surface area contributed by atoms with Crippen LogP contribution in [0.15, 0.2) is 30.3 Å².